The van der Waals surface area contributed by atoms with E-state index in [0.717, 1.165) is 32.1 Å². The van der Waals surface area contributed by atoms with Crippen LogP contribution in [0.5, 0.6) is 0 Å². The van der Waals surface area contributed by atoms with Gasteiger partial charge in [0.1, 0.15) is 12.6 Å². The van der Waals surface area contributed by atoms with Gasteiger partial charge in [0.25, 0.3) is 0 Å². The molecule has 0 aliphatic heterocycles. The number of allylic oxidation sites excluding steroid dienone is 5. The number of hydrogen-bond acceptors (Lipinski definition) is 11. The Morgan fingerprint density at radius 1 is 0.581 bits per heavy atom. The zero-order valence-electron chi connectivity index (χ0n) is 38.4. The third-order valence-electron chi connectivity index (χ3n) is 10.3. The molecule has 0 bridgehead atoms. The van der Waals surface area contributed by atoms with Gasteiger partial charge in [-0.25, -0.2) is 4.57 Å². The fraction of sp³-hybridized carbons (Fsp3) is 0.771. The van der Waals surface area contributed by atoms with Gasteiger partial charge in [0.2, 0.25) is 0 Å². The maximum absolute atomic E-state index is 12.7. The number of phosphoric ester groups is 1. The summed E-state index contributed by atoms with van der Waals surface area (Å²) < 4.78 is 32.6. The molecule has 0 radical (unpaired) electrons. The zero-order chi connectivity index (χ0) is 45.9. The second kappa shape index (κ2) is 42.3. The van der Waals surface area contributed by atoms with Crippen LogP contribution < -0.4 is 5.73 Å². The van der Waals surface area contributed by atoms with Crippen molar-refractivity contribution >= 4 is 25.7 Å². The summed E-state index contributed by atoms with van der Waals surface area (Å²) in [6.45, 7) is 2.51. The molecule has 0 aromatic carbocycles. The number of aliphatic hydroxyl groups is 2. The summed E-state index contributed by atoms with van der Waals surface area (Å²) in [7, 11) is -4.79. The molecule has 0 saturated heterocycles. The van der Waals surface area contributed by atoms with Crippen LogP contribution in [-0.2, 0) is 37.5 Å². The molecule has 0 heterocycles. The van der Waals surface area contributed by atoms with Gasteiger partial charge in [-0.15, -0.1) is 0 Å². The van der Waals surface area contributed by atoms with Crippen molar-refractivity contribution in [3.63, 3.8) is 0 Å². The Labute approximate surface area is 374 Å². The molecule has 1 unspecified atom stereocenters. The third-order valence-corrected chi connectivity index (χ3v) is 11.2. The lowest BCUT2D eigenvalue weighted by atomic mass is 10.0. The van der Waals surface area contributed by atoms with E-state index in [0.29, 0.717) is 12.8 Å². The molecule has 0 saturated carbocycles. The molecular formula is C48H86NO12P. The molecule has 0 amide bonds. The van der Waals surface area contributed by atoms with Crippen LogP contribution in [0, 0.1) is 0 Å². The van der Waals surface area contributed by atoms with Crippen LogP contribution in [0.2, 0.25) is 0 Å². The van der Waals surface area contributed by atoms with E-state index in [-0.39, 0.29) is 25.7 Å². The number of carboxylic acid groups (broad SMARTS) is 1. The molecule has 6 N–H and O–H groups in total. The fourth-order valence-electron chi connectivity index (χ4n) is 6.44. The molecule has 0 aromatic heterocycles. The van der Waals surface area contributed by atoms with E-state index in [1.54, 1.807) is 36.5 Å². The summed E-state index contributed by atoms with van der Waals surface area (Å²) in [5, 5.41) is 29.2. The number of aliphatic hydroxyl groups excluding tert-OH is 2. The van der Waals surface area contributed by atoms with E-state index < -0.39 is 69.9 Å². The van der Waals surface area contributed by atoms with Crippen LogP contribution in [0.1, 0.15) is 194 Å². The molecule has 13 nitrogen and oxygen atoms in total. The molecule has 0 rings (SSSR count). The van der Waals surface area contributed by atoms with Crippen LogP contribution in [0.25, 0.3) is 0 Å². The van der Waals surface area contributed by atoms with Crippen LogP contribution in [0.3, 0.4) is 0 Å². The largest absolute Gasteiger partial charge is 0.480 e. The molecule has 14 heteroatoms. The number of ether oxygens (including phenoxy) is 2. The van der Waals surface area contributed by atoms with Gasteiger partial charge in [0.05, 0.1) is 25.4 Å². The minimum Gasteiger partial charge on any atom is -0.480 e. The van der Waals surface area contributed by atoms with Gasteiger partial charge in [-0.1, -0.05) is 191 Å². The maximum Gasteiger partial charge on any atom is 0.472 e. The van der Waals surface area contributed by atoms with Crippen molar-refractivity contribution in [3.8, 4) is 0 Å². The Bertz CT molecular complexity index is 1270. The Hall–Kier alpha value is -2.64. The van der Waals surface area contributed by atoms with E-state index in [1.165, 1.54) is 109 Å². The number of carboxylic acids is 1. The predicted molar refractivity (Wildman–Crippen MR) is 247 cm³/mol. The first-order valence-electron chi connectivity index (χ1n) is 23.9. The summed E-state index contributed by atoms with van der Waals surface area (Å²) >= 11 is 0. The average molecular weight is 900 g/mol. The number of phosphoric acid groups is 1. The van der Waals surface area contributed by atoms with E-state index >= 15 is 0 Å². The quantitative estimate of drug-likeness (QED) is 0.0127. The van der Waals surface area contributed by atoms with Gasteiger partial charge < -0.3 is 35.4 Å². The summed E-state index contributed by atoms with van der Waals surface area (Å²) in [4.78, 5) is 46.1. The van der Waals surface area contributed by atoms with Crippen molar-refractivity contribution in [2.24, 2.45) is 5.73 Å². The van der Waals surface area contributed by atoms with Crippen LogP contribution >= 0.6 is 7.82 Å². The monoisotopic (exact) mass is 900 g/mol. The smallest absolute Gasteiger partial charge is 0.472 e. The molecule has 0 aliphatic carbocycles. The van der Waals surface area contributed by atoms with Gasteiger partial charge in [-0.3, -0.25) is 23.4 Å². The first-order chi connectivity index (χ1) is 29.9. The standard InChI is InChI=1S/C48H86NO12P/c1-3-5-7-9-11-12-13-14-15-16-17-18-19-20-21-22-23-25-31-37-46(52)58-39-44(40-59-62(56,57)60-41-45(49)48(54)55)61-47(53)38-32-36-43(51)35-30-27-26-29-34-42(50)33-28-24-10-8-6-4-2/h24,26-30,34-35,42-45,50-51H,3-23,25,31-33,36-41,49H2,1-2H3,(H,54,55)(H,56,57)/b27-26+,28-24-,34-29+,35-30-/t42-,43-,44+,45-/m0/s1. The van der Waals surface area contributed by atoms with Crippen molar-refractivity contribution in [3.05, 3.63) is 48.6 Å². The van der Waals surface area contributed by atoms with Crippen LogP contribution in [0.15, 0.2) is 48.6 Å². The highest BCUT2D eigenvalue weighted by atomic mass is 31.2. The number of aliphatic carboxylic acids is 1. The van der Waals surface area contributed by atoms with Crippen molar-refractivity contribution in [1.82, 2.24) is 0 Å². The highest BCUT2D eigenvalue weighted by molar-refractivity contribution is 7.47. The maximum atomic E-state index is 12.7. The first-order valence-corrected chi connectivity index (χ1v) is 25.4. The lowest BCUT2D eigenvalue weighted by molar-refractivity contribution is -0.161. The summed E-state index contributed by atoms with van der Waals surface area (Å²) in [6, 6.07) is -1.56. The van der Waals surface area contributed by atoms with Gasteiger partial charge in [-0.05, 0) is 38.5 Å². The average Bonchev–Trinajstić information content (AvgIpc) is 3.24. The molecule has 5 atom stereocenters. The topological polar surface area (TPSA) is 212 Å². The van der Waals surface area contributed by atoms with Gasteiger partial charge in [0, 0.05) is 12.8 Å². The van der Waals surface area contributed by atoms with E-state index in [1.807, 2.05) is 6.08 Å². The van der Waals surface area contributed by atoms with Crippen LogP contribution in [-0.4, -0.2) is 82.3 Å². The predicted octanol–water partition coefficient (Wildman–Crippen LogP) is 10.9. The second-order valence-electron chi connectivity index (χ2n) is 16.3. The van der Waals surface area contributed by atoms with Gasteiger partial charge >= 0.3 is 25.7 Å². The van der Waals surface area contributed by atoms with Gasteiger partial charge in [0.15, 0.2) is 6.10 Å². The number of esters is 2. The zero-order valence-corrected chi connectivity index (χ0v) is 39.3. The lowest BCUT2D eigenvalue weighted by Gasteiger charge is -2.20. The summed E-state index contributed by atoms with van der Waals surface area (Å²) in [5.41, 5.74) is 5.33. The normalized spacial score (nSPS) is 15.1. The SMILES string of the molecule is CCCCC/C=C\C[C@H](O)/C=C/C=C/C=C\[C@H](O)CCCC(=O)O[C@H](COC(=O)CCCCCCCCCCCCCCCCCCCCC)COP(=O)(O)OC[C@H](N)C(=O)O. The number of rotatable bonds is 44. The molecule has 360 valence electrons. The Kier molecular flexibility index (Phi) is 40.5. The van der Waals surface area contributed by atoms with Gasteiger partial charge in [-0.2, -0.15) is 0 Å². The Morgan fingerprint density at radius 3 is 1.58 bits per heavy atom. The second-order valence-corrected chi connectivity index (χ2v) is 17.8. The van der Waals surface area contributed by atoms with Crippen molar-refractivity contribution < 1.29 is 57.7 Å². The number of carbonyl (C=O) groups excluding carboxylic acids is 2. The lowest BCUT2D eigenvalue weighted by Crippen LogP contribution is -2.34. The molecule has 62 heavy (non-hydrogen) atoms. The summed E-state index contributed by atoms with van der Waals surface area (Å²) in [5.74, 6) is -2.65. The van der Waals surface area contributed by atoms with E-state index in [9.17, 15) is 34.1 Å². The van der Waals surface area contributed by atoms with E-state index in [4.69, 9.17) is 24.8 Å². The highest BCUT2D eigenvalue weighted by Crippen LogP contribution is 2.43. The highest BCUT2D eigenvalue weighted by Gasteiger charge is 2.28. The Balaban J connectivity index is 4.52. The first kappa shape index (κ1) is 59.4. The summed E-state index contributed by atoms with van der Waals surface area (Å²) in [6.07, 6.45) is 40.9. The van der Waals surface area contributed by atoms with Crippen molar-refractivity contribution in [2.75, 3.05) is 19.8 Å². The van der Waals surface area contributed by atoms with E-state index in [2.05, 4.69) is 24.4 Å². The minimum atomic E-state index is -4.79. The third kappa shape index (κ3) is 41.4. The van der Waals surface area contributed by atoms with Crippen LogP contribution in [0.4, 0.5) is 0 Å². The molecule has 0 aromatic rings. The van der Waals surface area contributed by atoms with Crippen molar-refractivity contribution in [2.45, 2.75) is 218 Å². The number of unbranched alkanes of at least 4 members (excludes halogenated alkanes) is 21. The molecule has 0 spiro atoms. The Morgan fingerprint density at radius 2 is 1.05 bits per heavy atom. The van der Waals surface area contributed by atoms with Crippen molar-refractivity contribution in [1.29, 1.82) is 0 Å². The number of carbonyl (C=O) groups is 3. The molecular weight excluding hydrogens is 813 g/mol. The molecule has 0 aliphatic rings. The number of hydrogen-bond donors (Lipinski definition) is 5. The fourth-order valence-corrected chi connectivity index (χ4v) is 7.21. The minimum absolute atomic E-state index is 0.0982. The molecule has 0 fully saturated rings. The number of nitrogens with two attached hydrogens (primary N) is 1.